The highest BCUT2D eigenvalue weighted by atomic mass is 19.3. The summed E-state index contributed by atoms with van der Waals surface area (Å²) in [5.41, 5.74) is 36.0. The van der Waals surface area contributed by atoms with Gasteiger partial charge in [-0.15, -0.1) is 0 Å². The van der Waals surface area contributed by atoms with E-state index in [-0.39, 0.29) is 111 Å². The van der Waals surface area contributed by atoms with Gasteiger partial charge in [0.05, 0.1) is 29.6 Å². The number of benzene rings is 5. The van der Waals surface area contributed by atoms with Crippen molar-refractivity contribution >= 4 is 118 Å². The molecule has 36 nitrogen and oxygen atoms in total. The number of imide groups is 5. The fraction of sp³-hybridized carbons (Fsp3) is 0.327. The second-order valence-corrected chi connectivity index (χ2v) is 36.0. The van der Waals surface area contributed by atoms with Crippen molar-refractivity contribution in [1.82, 2.24) is 49.4 Å². The van der Waals surface area contributed by atoms with E-state index in [1.165, 1.54) is 61.3 Å². The minimum absolute atomic E-state index is 0.0248. The van der Waals surface area contributed by atoms with Gasteiger partial charge in [0.2, 0.25) is 59.1 Å². The molecule has 5 aromatic heterocycles. The Morgan fingerprint density at radius 3 is 0.930 bits per heavy atom. The Morgan fingerprint density at radius 1 is 0.350 bits per heavy atom. The Hall–Kier alpha value is -16.5. The van der Waals surface area contributed by atoms with Crippen LogP contribution in [-0.2, 0) is 110 Å². The van der Waals surface area contributed by atoms with Gasteiger partial charge in [-0.3, -0.25) is 72.4 Å². The number of nitrogen functional groups attached to an aromatic ring is 5. The number of aromatic nitrogens is 5. The Balaban J connectivity index is 0.000000171. The highest BCUT2D eigenvalue weighted by Crippen LogP contribution is 2.40. The number of β-lactam (4-membered cyclic amide) rings is 5. The van der Waals surface area contributed by atoms with E-state index in [1.807, 2.05) is 112 Å². The number of nitrogens with two attached hydrogens (primary N) is 5. The van der Waals surface area contributed by atoms with E-state index >= 15 is 0 Å². The minimum atomic E-state index is -3.31. The lowest BCUT2D eigenvalue weighted by Gasteiger charge is -2.43. The second kappa shape index (κ2) is 47.9. The molecule has 39 heteroatoms. The van der Waals surface area contributed by atoms with Crippen molar-refractivity contribution in [3.05, 3.63) is 293 Å². The fourth-order valence-electron chi connectivity index (χ4n) is 17.7. The number of nitrogens with zero attached hydrogens (tertiary/aromatic N) is 10. The molecule has 5 aliphatic heterocycles. The summed E-state index contributed by atoms with van der Waals surface area (Å²) in [5, 5.41) is 47.8. The number of carbonyl (C=O) groups is 15. The first-order valence-electron chi connectivity index (χ1n) is 45.9. The van der Waals surface area contributed by atoms with E-state index in [2.05, 4.69) is 29.7 Å². The number of likely N-dealkylation sites (tertiary alicyclic amines) is 5. The second-order valence-electron chi connectivity index (χ2n) is 36.0. The first-order valence-corrected chi connectivity index (χ1v) is 45.9. The predicted molar refractivity (Wildman–Crippen MR) is 513 cm³/mol. The van der Waals surface area contributed by atoms with Crippen molar-refractivity contribution in [2.75, 3.05) is 28.7 Å². The number of halogens is 3. The topological polar surface area (TPSA) is 577 Å². The normalized spacial score (nSPS) is 19.3. The first kappa shape index (κ1) is 107. The highest BCUT2D eigenvalue weighted by molar-refractivity contribution is 6.12. The van der Waals surface area contributed by atoms with Gasteiger partial charge in [-0.25, -0.2) is 53.3 Å². The van der Waals surface area contributed by atoms with E-state index < -0.39 is 161 Å². The van der Waals surface area contributed by atoms with Gasteiger partial charge in [0, 0.05) is 75.9 Å². The van der Waals surface area contributed by atoms with E-state index in [0.717, 1.165) is 52.3 Å². The number of anilines is 5. The Labute approximate surface area is 819 Å². The van der Waals surface area contributed by atoms with Gasteiger partial charge in [-0.2, -0.15) is 8.78 Å². The lowest BCUT2D eigenvalue weighted by molar-refractivity contribution is -0.177. The van der Waals surface area contributed by atoms with Gasteiger partial charge in [-0.05, 0) is 209 Å². The van der Waals surface area contributed by atoms with Crippen molar-refractivity contribution in [1.29, 1.82) is 0 Å². The molecule has 5 aliphatic rings. The van der Waals surface area contributed by atoms with Crippen LogP contribution in [0.15, 0.2) is 231 Å². The van der Waals surface area contributed by atoms with E-state index in [9.17, 15) is 111 Å². The van der Waals surface area contributed by atoms with Crippen LogP contribution in [-0.4, -0.2) is 200 Å². The molecule has 0 spiro atoms. The number of hydrogen-bond donors (Lipinski definition) is 10. The highest BCUT2D eigenvalue weighted by Gasteiger charge is 2.59. The number of aliphatic carboxylic acids is 5. The van der Waals surface area contributed by atoms with E-state index in [4.69, 9.17) is 28.7 Å². The molecule has 143 heavy (non-hydrogen) atoms. The number of carboxylic acids is 5. The first-order chi connectivity index (χ1) is 67.9. The minimum Gasteiger partial charge on any atom is -0.480 e. The molecule has 5 saturated heterocycles. The molecule has 15 N–H and O–H groups in total. The van der Waals surface area contributed by atoms with Crippen molar-refractivity contribution < 1.29 is 115 Å². The summed E-state index contributed by atoms with van der Waals surface area (Å²) in [6, 6.07) is 51.1. The fourth-order valence-corrected chi connectivity index (χ4v) is 17.7. The third kappa shape index (κ3) is 27.4. The monoisotopic (exact) mass is 1960 g/mol. The number of rotatable bonds is 34. The zero-order chi connectivity index (χ0) is 104. The van der Waals surface area contributed by atoms with Crippen LogP contribution in [0.25, 0.3) is 0 Å². The third-order valence-corrected chi connectivity index (χ3v) is 25.5. The summed E-state index contributed by atoms with van der Waals surface area (Å²) in [4.78, 5) is 208. The van der Waals surface area contributed by atoms with Crippen LogP contribution in [0.1, 0.15) is 153 Å². The van der Waals surface area contributed by atoms with E-state index in [0.29, 0.717) is 65.0 Å². The molecule has 10 amide bonds. The molecular formula is C104H110F3N15O21. The molecule has 10 heterocycles. The molecule has 0 radical (unpaired) electrons. The molecule has 5 fully saturated rings. The quantitative estimate of drug-likeness (QED) is 0.0167. The average molecular weight is 1960 g/mol. The summed E-state index contributed by atoms with van der Waals surface area (Å²) in [6.45, 7) is 9.97. The van der Waals surface area contributed by atoms with Crippen LogP contribution in [0.5, 0.6) is 5.75 Å². The molecule has 5 aromatic carbocycles. The van der Waals surface area contributed by atoms with Crippen molar-refractivity contribution in [3.63, 3.8) is 0 Å². The van der Waals surface area contributed by atoms with Crippen LogP contribution in [0, 0.1) is 47.2 Å². The van der Waals surface area contributed by atoms with Gasteiger partial charge < -0.3 is 58.9 Å². The standard InChI is InChI=1S/C26H25N3O4.C22H23F2N3O5.C20H20FN3O4.C19H19N3O4.C17H23N3O4/c27-22-16-17(13-14-28-22)15-21-24(26(32)33)29(25(21)31)23(30)12-11-20(18-7-3-1-4-8-18)19-9-5-2-6-10-19;1-12(14-3-5-15(6-4-14)32-22(2,23)24)9-18(28)27-19(21(30)31)16(20(27)29)10-13-7-8-26-17(25)11-13;1-11(13-3-2-4-14(21)10-13)7-17(25)24-18(20(27)28)15(19(24)26)8-12-5-6-23-16(22)9-12;20-15-11-13(8-9-21-15)10-14-17(19(25)26)22(18(14)24)16(23)7-6-12-4-2-1-3-5-12;1-9(2)10(3)6-14(21)20-15(17(23)24)12(16(20)22)7-11-4-5-19-13(18)8-11/h1-10,13-14,16,20-21,24H,11-12,15H2,(H2,27,28)(H,32,33);3-8,11-12,16,19H,9-10H2,1-2H3,(H2,25,26)(H,30,31);2-6,9-11,15,18H,7-8H2,1H3,(H2,22,23)(H,27,28);1-5,8-9,11,14,17H,6-7,10H2,(H2,20,21)(H,25,26);4-5,8-10,12,15H,6-7H2,1-3H3,(H2,18,19)(H,23,24)/t21-,24+;12?,16-,19+;11?,15-,18+;14-,17+;10-,12+,15-/m11110/s1. The maximum Gasteiger partial charge on any atom is 0.394 e. The molecule has 10 aromatic rings. The van der Waals surface area contributed by atoms with E-state index in [1.54, 1.807) is 92.7 Å². The maximum absolute atomic E-state index is 13.4. The number of ether oxygens (including phenoxy) is 1. The van der Waals surface area contributed by atoms with Gasteiger partial charge >= 0.3 is 36.0 Å². The predicted octanol–water partition coefficient (Wildman–Crippen LogP) is 10.7. The van der Waals surface area contributed by atoms with Crippen LogP contribution < -0.4 is 33.4 Å². The molecule has 13 atom stereocenters. The van der Waals surface area contributed by atoms with Crippen LogP contribution >= 0.6 is 0 Å². The summed E-state index contributed by atoms with van der Waals surface area (Å²) in [5.74, 6) is -14.4. The van der Waals surface area contributed by atoms with Gasteiger partial charge in [0.1, 0.15) is 70.9 Å². The van der Waals surface area contributed by atoms with Gasteiger partial charge in [0.15, 0.2) is 0 Å². The molecule has 2 unspecified atom stereocenters. The molecular weight excluding hydrogens is 1850 g/mol. The number of hydrogen-bond acceptors (Lipinski definition) is 26. The molecule has 748 valence electrons. The Morgan fingerprint density at radius 2 is 0.636 bits per heavy atom. The summed E-state index contributed by atoms with van der Waals surface area (Å²) in [7, 11) is 0. The smallest absolute Gasteiger partial charge is 0.394 e. The maximum atomic E-state index is 13.4. The zero-order valence-corrected chi connectivity index (χ0v) is 78.8. The third-order valence-electron chi connectivity index (χ3n) is 25.5. The number of carboxylic acid groups (broad SMARTS) is 5. The van der Waals surface area contributed by atoms with Crippen molar-refractivity contribution in [2.24, 2.45) is 41.4 Å². The SMILES string of the molecule is CC(C)[C@@H](C)CC(=O)N1C(=O)[C@H](Cc2ccnc(N)c2)[C@H]1C(=O)O.CC(CC(=O)N1C(=O)[C@H](Cc2ccnc(N)c2)[C@H]1C(=O)O)c1ccc(OC(C)(F)F)cc1.CC(CC(=O)N1C(=O)[C@H](Cc2ccnc(N)c2)[C@H]1C(=O)O)c1cccc(F)c1.Nc1cc(C[C@H]2C(=O)N(C(=O)CCC(c3ccccc3)c3ccccc3)[C@@H]2C(=O)O)ccn1.Nc1cc(C[C@H]2C(=O)N(C(=O)CCc3ccccc3)[C@@H]2C(=O)O)ccn1. The van der Waals surface area contributed by atoms with Crippen LogP contribution in [0.2, 0.25) is 0 Å². The molecule has 0 bridgehead atoms. The number of alkyl halides is 2. The molecule has 0 aliphatic carbocycles. The largest absolute Gasteiger partial charge is 0.480 e. The molecule has 0 saturated carbocycles. The van der Waals surface area contributed by atoms with Gasteiger partial charge in [0.25, 0.3) is 0 Å². The number of carbonyl (C=O) groups excluding carboxylic acids is 10. The van der Waals surface area contributed by atoms with Crippen LogP contribution in [0.3, 0.4) is 0 Å². The summed E-state index contributed by atoms with van der Waals surface area (Å²) >= 11 is 0. The summed E-state index contributed by atoms with van der Waals surface area (Å²) < 4.78 is 43.7. The Kier molecular flexibility index (Phi) is 35.8. The summed E-state index contributed by atoms with van der Waals surface area (Å²) in [6.07, 6.45) is 6.14. The van der Waals surface area contributed by atoms with Crippen LogP contribution in [0.4, 0.5) is 42.3 Å². The lowest BCUT2D eigenvalue weighted by atomic mass is 9.81. The zero-order valence-electron chi connectivity index (χ0n) is 78.8. The lowest BCUT2D eigenvalue weighted by Crippen LogP contribution is -2.67. The molecule has 15 rings (SSSR count). The van der Waals surface area contributed by atoms with Crippen molar-refractivity contribution in [2.45, 2.75) is 173 Å². The van der Waals surface area contributed by atoms with Crippen molar-refractivity contribution in [3.8, 4) is 5.75 Å². The number of aryl methyl sites for hydroxylation is 1. The van der Waals surface area contributed by atoms with Gasteiger partial charge in [-0.1, -0.05) is 150 Å². The number of amides is 10. The number of pyridine rings is 5. The Bertz CT molecular complexity index is 6310. The average Bonchev–Trinajstić information content (AvgIpc) is 0.815.